The van der Waals surface area contributed by atoms with Gasteiger partial charge in [-0.3, -0.25) is 14.3 Å². The lowest BCUT2D eigenvalue weighted by atomic mass is 10.2. The first kappa shape index (κ1) is 21.4. The molecule has 0 radical (unpaired) electrons. The van der Waals surface area contributed by atoms with Gasteiger partial charge in [-0.1, -0.05) is 18.2 Å². The number of hydrogen-bond acceptors (Lipinski definition) is 6. The Balaban J connectivity index is 1.94. The molecule has 9 heteroatoms. The summed E-state index contributed by atoms with van der Waals surface area (Å²) >= 11 is 0. The van der Waals surface area contributed by atoms with Crippen molar-refractivity contribution in [3.8, 4) is 11.8 Å². The molecule has 0 atom stereocenters. The molecule has 3 aromatic rings. The number of nitriles is 1. The fourth-order valence-corrected chi connectivity index (χ4v) is 3.07. The number of nitrogens with zero attached hydrogens (tertiary/aromatic N) is 3. The number of methoxy groups -OCH3 is 1. The minimum absolute atomic E-state index is 0.0587. The largest absolute Gasteiger partial charge is 0.465 e. The van der Waals surface area contributed by atoms with E-state index in [9.17, 15) is 19.6 Å². The van der Waals surface area contributed by atoms with E-state index in [4.69, 9.17) is 4.42 Å². The number of benzene rings is 1. The number of anilines is 1. The zero-order chi connectivity index (χ0) is 22.7. The molecule has 1 aromatic carbocycles. The van der Waals surface area contributed by atoms with Crippen LogP contribution < -0.4 is 10.9 Å². The van der Waals surface area contributed by atoms with Crippen LogP contribution in [-0.4, -0.2) is 28.3 Å². The van der Waals surface area contributed by atoms with Gasteiger partial charge in [0.2, 0.25) is 0 Å². The molecule has 0 unspecified atom stereocenters. The zero-order valence-electron chi connectivity index (χ0n) is 17.4. The van der Waals surface area contributed by atoms with Gasteiger partial charge in [-0.25, -0.2) is 9.48 Å². The third-order valence-corrected chi connectivity index (χ3v) is 4.79. The minimum Gasteiger partial charge on any atom is -0.465 e. The van der Waals surface area contributed by atoms with Crippen LogP contribution in [0.1, 0.15) is 27.6 Å². The van der Waals surface area contributed by atoms with Crippen LogP contribution in [0.25, 0.3) is 11.8 Å². The first-order valence-corrected chi connectivity index (χ1v) is 9.24. The van der Waals surface area contributed by atoms with Crippen molar-refractivity contribution in [2.45, 2.75) is 13.8 Å². The highest BCUT2D eigenvalue weighted by molar-refractivity contribution is 6.09. The van der Waals surface area contributed by atoms with Gasteiger partial charge < -0.3 is 14.5 Å². The Bertz CT molecular complexity index is 1290. The minimum atomic E-state index is -0.776. The van der Waals surface area contributed by atoms with Gasteiger partial charge >= 0.3 is 5.97 Å². The van der Waals surface area contributed by atoms with E-state index in [1.165, 1.54) is 23.9 Å². The Hall–Kier alpha value is -4.32. The first-order valence-electron chi connectivity index (χ1n) is 9.24. The molecule has 3 rings (SSSR count). The van der Waals surface area contributed by atoms with E-state index in [1.807, 2.05) is 6.07 Å². The smallest absolute Gasteiger partial charge is 0.341 e. The summed E-state index contributed by atoms with van der Waals surface area (Å²) in [7, 11) is 2.93. The number of carbonyl (C=O) groups is 2. The number of amides is 1. The lowest BCUT2D eigenvalue weighted by molar-refractivity contribution is -0.112. The Morgan fingerprint density at radius 3 is 2.52 bits per heavy atom. The molecule has 0 aliphatic heterocycles. The summed E-state index contributed by atoms with van der Waals surface area (Å²) in [6.45, 7) is 3.25. The molecule has 1 N–H and O–H groups in total. The fourth-order valence-electron chi connectivity index (χ4n) is 3.07. The van der Waals surface area contributed by atoms with Crippen LogP contribution in [0.3, 0.4) is 0 Å². The second-order valence-electron chi connectivity index (χ2n) is 6.67. The summed E-state index contributed by atoms with van der Waals surface area (Å²) in [6, 6.07) is 12.1. The Morgan fingerprint density at radius 1 is 1.23 bits per heavy atom. The van der Waals surface area contributed by atoms with Crippen molar-refractivity contribution >= 4 is 23.6 Å². The SMILES string of the molecule is COC(=O)c1cc(/C=C(\C#N)C(=O)Nc2c(C)n(C)n(-c3ccccc3)c2=O)oc1C. The molecule has 0 aliphatic carbocycles. The van der Waals surface area contributed by atoms with Crippen molar-refractivity contribution in [1.82, 2.24) is 9.36 Å². The van der Waals surface area contributed by atoms with Crippen LogP contribution in [0.15, 0.2) is 51.2 Å². The number of para-hydroxylation sites is 1. The van der Waals surface area contributed by atoms with Gasteiger partial charge in [-0.05, 0) is 32.0 Å². The number of aromatic nitrogens is 2. The van der Waals surface area contributed by atoms with Crippen LogP contribution >= 0.6 is 0 Å². The van der Waals surface area contributed by atoms with E-state index in [-0.39, 0.29) is 22.6 Å². The molecular weight excluding hydrogens is 400 g/mol. The second-order valence-corrected chi connectivity index (χ2v) is 6.67. The van der Waals surface area contributed by atoms with E-state index in [0.29, 0.717) is 17.1 Å². The number of ether oxygens (including phenoxy) is 1. The van der Waals surface area contributed by atoms with Crippen LogP contribution in [0.2, 0.25) is 0 Å². The predicted octanol–water partition coefficient (Wildman–Crippen LogP) is 2.72. The summed E-state index contributed by atoms with van der Waals surface area (Å²) < 4.78 is 13.1. The topological polar surface area (TPSA) is 119 Å². The zero-order valence-corrected chi connectivity index (χ0v) is 17.4. The first-order chi connectivity index (χ1) is 14.8. The van der Waals surface area contributed by atoms with Gasteiger partial charge in [0.05, 0.1) is 18.5 Å². The molecule has 0 bridgehead atoms. The Morgan fingerprint density at radius 2 is 1.90 bits per heavy atom. The van der Waals surface area contributed by atoms with Crippen LogP contribution in [0.4, 0.5) is 5.69 Å². The molecule has 1 amide bonds. The molecule has 2 heterocycles. The number of esters is 1. The average molecular weight is 420 g/mol. The molecule has 9 nitrogen and oxygen atoms in total. The average Bonchev–Trinajstić information content (AvgIpc) is 3.24. The van der Waals surface area contributed by atoms with Gasteiger partial charge in [-0.2, -0.15) is 5.26 Å². The van der Waals surface area contributed by atoms with Crippen molar-refractivity contribution in [3.63, 3.8) is 0 Å². The molecule has 2 aromatic heterocycles. The van der Waals surface area contributed by atoms with E-state index in [0.717, 1.165) is 0 Å². The number of nitrogens with one attached hydrogen (secondary N) is 1. The van der Waals surface area contributed by atoms with E-state index >= 15 is 0 Å². The standard InChI is InChI=1S/C22H20N4O5/c1-13-19(21(28)26(25(13)3)16-8-6-5-7-9-16)24-20(27)15(12-23)10-17-11-18(14(2)31-17)22(29)30-4/h5-11H,1-4H3,(H,24,27)/b15-10+. The van der Waals surface area contributed by atoms with E-state index in [2.05, 4.69) is 10.1 Å². The second kappa shape index (κ2) is 8.59. The van der Waals surface area contributed by atoms with E-state index < -0.39 is 17.4 Å². The molecule has 0 fully saturated rings. The van der Waals surface area contributed by atoms with Crippen molar-refractivity contribution in [1.29, 1.82) is 5.26 Å². The Labute approximate surface area is 177 Å². The number of furan rings is 1. The molecule has 0 spiro atoms. The molecule has 31 heavy (non-hydrogen) atoms. The molecule has 158 valence electrons. The fraction of sp³-hybridized carbons (Fsp3) is 0.182. The van der Waals surface area contributed by atoms with Gasteiger partial charge in [0, 0.05) is 13.1 Å². The molecule has 0 saturated carbocycles. The summed E-state index contributed by atoms with van der Waals surface area (Å²) in [4.78, 5) is 37.3. The lowest BCUT2D eigenvalue weighted by Crippen LogP contribution is -2.23. The van der Waals surface area contributed by atoms with Gasteiger partial charge in [0.15, 0.2) is 0 Å². The van der Waals surface area contributed by atoms with Gasteiger partial charge in [-0.15, -0.1) is 0 Å². The van der Waals surface area contributed by atoms with Crippen molar-refractivity contribution in [2.75, 3.05) is 12.4 Å². The summed E-state index contributed by atoms with van der Waals surface area (Å²) in [5.74, 6) is -0.941. The van der Waals surface area contributed by atoms with E-state index in [1.54, 1.807) is 55.9 Å². The number of carbonyl (C=O) groups excluding carboxylic acids is 2. The molecule has 0 aliphatic rings. The van der Waals surface area contributed by atoms with Crippen molar-refractivity contribution < 1.29 is 18.7 Å². The predicted molar refractivity (Wildman–Crippen MR) is 113 cm³/mol. The third kappa shape index (κ3) is 4.04. The normalized spacial score (nSPS) is 11.1. The van der Waals surface area contributed by atoms with Crippen LogP contribution in [-0.2, 0) is 16.6 Å². The van der Waals surface area contributed by atoms with Crippen LogP contribution in [0.5, 0.6) is 0 Å². The lowest BCUT2D eigenvalue weighted by Gasteiger charge is -2.07. The quantitative estimate of drug-likeness (QED) is 0.385. The third-order valence-electron chi connectivity index (χ3n) is 4.79. The summed E-state index contributed by atoms with van der Waals surface area (Å²) in [5, 5.41) is 12.0. The summed E-state index contributed by atoms with van der Waals surface area (Å²) in [5.41, 5.74) is 0.676. The molecule has 0 saturated heterocycles. The Kier molecular flexibility index (Phi) is 5.93. The highest BCUT2D eigenvalue weighted by Gasteiger charge is 2.21. The molecular formula is C22H20N4O5. The number of rotatable bonds is 5. The van der Waals surface area contributed by atoms with Crippen LogP contribution in [0, 0.1) is 25.2 Å². The monoisotopic (exact) mass is 420 g/mol. The number of aryl methyl sites for hydroxylation is 1. The highest BCUT2D eigenvalue weighted by atomic mass is 16.5. The maximum atomic E-state index is 12.9. The van der Waals surface area contributed by atoms with Crippen molar-refractivity contribution in [2.24, 2.45) is 7.05 Å². The number of hydrogen-bond donors (Lipinski definition) is 1. The maximum Gasteiger partial charge on any atom is 0.341 e. The van der Waals surface area contributed by atoms with Gasteiger partial charge in [0.25, 0.3) is 11.5 Å². The maximum absolute atomic E-state index is 12.9. The summed E-state index contributed by atoms with van der Waals surface area (Å²) in [6.07, 6.45) is 1.20. The van der Waals surface area contributed by atoms with Gasteiger partial charge in [0.1, 0.15) is 34.4 Å². The van der Waals surface area contributed by atoms with Crippen molar-refractivity contribution in [3.05, 3.63) is 75.1 Å². The highest BCUT2D eigenvalue weighted by Crippen LogP contribution is 2.19.